The van der Waals surface area contributed by atoms with Crippen LogP contribution in [0.15, 0.2) is 35.2 Å². The van der Waals surface area contributed by atoms with Crippen molar-refractivity contribution in [3.63, 3.8) is 0 Å². The molecule has 4 heteroatoms. The highest BCUT2D eigenvalue weighted by Crippen LogP contribution is 2.37. The number of sulfone groups is 1. The Hall–Kier alpha value is -1.39. The average molecular weight is 278 g/mol. The molecule has 1 heterocycles. The van der Waals surface area contributed by atoms with E-state index in [4.69, 9.17) is 5.11 Å². The fourth-order valence-corrected chi connectivity index (χ4v) is 4.14. The van der Waals surface area contributed by atoms with Crippen LogP contribution in [0.2, 0.25) is 0 Å². The van der Waals surface area contributed by atoms with Crippen LogP contribution in [-0.4, -0.2) is 20.1 Å². The fraction of sp³-hybridized carbons (Fsp3) is 0.333. The maximum absolute atomic E-state index is 12.0. The average Bonchev–Trinajstić information content (AvgIpc) is 2.68. The van der Waals surface area contributed by atoms with E-state index in [0.29, 0.717) is 11.3 Å². The lowest BCUT2D eigenvalue weighted by Crippen LogP contribution is -1.97. The molecule has 0 aromatic heterocycles. The molecule has 0 aliphatic carbocycles. The summed E-state index contributed by atoms with van der Waals surface area (Å²) in [5.74, 6) is 0.0995. The number of hydrogen-bond acceptors (Lipinski definition) is 3. The highest BCUT2D eigenvalue weighted by Gasteiger charge is 2.28. The van der Waals surface area contributed by atoms with Crippen molar-refractivity contribution in [1.82, 2.24) is 0 Å². The predicted octanol–water partition coefficient (Wildman–Crippen LogP) is 2.69. The van der Waals surface area contributed by atoms with E-state index in [2.05, 4.69) is 0 Å². The standard InChI is InChI=1S/C13H12O3S.C2H6/c14-7-6-9-4-5-12-13-10(8-17(12,15)16)2-1-3-11(9)13;1-2/h1-5,14H,6-8H2;1-2H3. The molecule has 3 rings (SSSR count). The third-order valence-electron chi connectivity index (χ3n) is 3.24. The number of aliphatic hydroxyl groups is 1. The summed E-state index contributed by atoms with van der Waals surface area (Å²) in [4.78, 5) is 0.435. The van der Waals surface area contributed by atoms with Gasteiger partial charge in [-0.25, -0.2) is 8.42 Å². The van der Waals surface area contributed by atoms with E-state index in [-0.39, 0.29) is 12.4 Å². The maximum atomic E-state index is 12.0. The van der Waals surface area contributed by atoms with E-state index in [1.165, 1.54) is 0 Å². The van der Waals surface area contributed by atoms with Gasteiger partial charge in [0.15, 0.2) is 9.84 Å². The summed E-state index contributed by atoms with van der Waals surface area (Å²) in [6.45, 7) is 4.07. The number of hydrogen-bond donors (Lipinski definition) is 1. The van der Waals surface area contributed by atoms with Crippen molar-refractivity contribution in [2.24, 2.45) is 0 Å². The smallest absolute Gasteiger partial charge is 0.183 e. The molecule has 0 atom stereocenters. The lowest BCUT2D eigenvalue weighted by atomic mass is 9.99. The van der Waals surface area contributed by atoms with E-state index in [0.717, 1.165) is 21.9 Å². The second-order valence-electron chi connectivity index (χ2n) is 4.30. The van der Waals surface area contributed by atoms with E-state index in [1.54, 1.807) is 12.1 Å². The predicted molar refractivity (Wildman–Crippen MR) is 77.0 cm³/mol. The van der Waals surface area contributed by atoms with Gasteiger partial charge in [-0.05, 0) is 29.0 Å². The number of rotatable bonds is 2. The van der Waals surface area contributed by atoms with Gasteiger partial charge in [-0.1, -0.05) is 38.1 Å². The van der Waals surface area contributed by atoms with Gasteiger partial charge in [-0.15, -0.1) is 0 Å². The topological polar surface area (TPSA) is 54.4 Å². The Morgan fingerprint density at radius 1 is 1.16 bits per heavy atom. The molecule has 0 spiro atoms. The first-order valence-electron chi connectivity index (χ1n) is 6.50. The van der Waals surface area contributed by atoms with Crippen LogP contribution in [0.3, 0.4) is 0 Å². The summed E-state index contributed by atoms with van der Waals surface area (Å²) in [5, 5.41) is 10.8. The zero-order chi connectivity index (χ0) is 14.0. The van der Waals surface area contributed by atoms with Crippen molar-refractivity contribution in [3.8, 4) is 0 Å². The van der Waals surface area contributed by atoms with Crippen LogP contribution in [-0.2, 0) is 22.0 Å². The van der Waals surface area contributed by atoms with E-state index >= 15 is 0 Å². The molecule has 0 amide bonds. The van der Waals surface area contributed by atoms with Crippen LogP contribution < -0.4 is 0 Å². The molecule has 0 bridgehead atoms. The van der Waals surface area contributed by atoms with Crippen LogP contribution in [0.1, 0.15) is 25.0 Å². The van der Waals surface area contributed by atoms with Crippen LogP contribution >= 0.6 is 0 Å². The summed E-state index contributed by atoms with van der Waals surface area (Å²) in [5.41, 5.74) is 1.88. The van der Waals surface area contributed by atoms with Crippen LogP contribution in [0, 0.1) is 0 Å². The second kappa shape index (κ2) is 5.31. The van der Waals surface area contributed by atoms with Crippen LogP contribution in [0.25, 0.3) is 10.8 Å². The van der Waals surface area contributed by atoms with Gasteiger partial charge in [0, 0.05) is 12.0 Å². The molecule has 0 saturated carbocycles. The molecule has 1 N–H and O–H groups in total. The molecule has 2 aromatic carbocycles. The summed E-state index contributed by atoms with van der Waals surface area (Å²) in [7, 11) is -3.15. The van der Waals surface area contributed by atoms with Gasteiger partial charge in [0.05, 0.1) is 10.6 Å². The van der Waals surface area contributed by atoms with E-state index in [1.807, 2.05) is 32.0 Å². The first-order chi connectivity index (χ1) is 9.13. The minimum absolute atomic E-state index is 0.0748. The first kappa shape index (κ1) is 14.0. The monoisotopic (exact) mass is 278 g/mol. The van der Waals surface area contributed by atoms with Crippen molar-refractivity contribution < 1.29 is 13.5 Å². The third kappa shape index (κ3) is 2.26. The molecule has 0 radical (unpaired) electrons. The van der Waals surface area contributed by atoms with Crippen molar-refractivity contribution >= 4 is 20.6 Å². The normalized spacial score (nSPS) is 15.1. The van der Waals surface area contributed by atoms with Gasteiger partial charge in [-0.2, -0.15) is 0 Å². The Morgan fingerprint density at radius 2 is 1.89 bits per heavy atom. The highest BCUT2D eigenvalue weighted by molar-refractivity contribution is 7.91. The number of benzene rings is 2. The Balaban J connectivity index is 0.000000637. The molecular weight excluding hydrogens is 260 g/mol. The van der Waals surface area contributed by atoms with Crippen molar-refractivity contribution in [3.05, 3.63) is 41.5 Å². The SMILES string of the molecule is CC.O=S1(=O)Cc2cccc3c(CCO)ccc1c23. The highest BCUT2D eigenvalue weighted by atomic mass is 32.2. The third-order valence-corrected chi connectivity index (χ3v) is 4.94. The Labute approximate surface area is 113 Å². The quantitative estimate of drug-likeness (QED) is 0.919. The minimum atomic E-state index is -3.15. The van der Waals surface area contributed by atoms with Gasteiger partial charge in [0.1, 0.15) is 0 Å². The van der Waals surface area contributed by atoms with Crippen molar-refractivity contribution in [1.29, 1.82) is 0 Å². The van der Waals surface area contributed by atoms with Gasteiger partial charge in [0.25, 0.3) is 0 Å². The molecular formula is C15H18O3S. The second-order valence-corrected chi connectivity index (χ2v) is 6.25. The lowest BCUT2D eigenvalue weighted by Gasteiger charge is -2.06. The molecule has 1 aliphatic heterocycles. The van der Waals surface area contributed by atoms with Crippen molar-refractivity contribution in [2.75, 3.05) is 6.61 Å². The molecule has 2 aromatic rings. The van der Waals surface area contributed by atoms with E-state index in [9.17, 15) is 8.42 Å². The summed E-state index contributed by atoms with van der Waals surface area (Å²) in [6.07, 6.45) is 0.556. The van der Waals surface area contributed by atoms with Gasteiger partial charge in [0.2, 0.25) is 0 Å². The molecule has 1 aliphatic rings. The van der Waals surface area contributed by atoms with Crippen LogP contribution in [0.5, 0.6) is 0 Å². The lowest BCUT2D eigenvalue weighted by molar-refractivity contribution is 0.300. The molecule has 0 unspecified atom stereocenters. The van der Waals surface area contributed by atoms with Gasteiger partial charge < -0.3 is 5.11 Å². The van der Waals surface area contributed by atoms with E-state index < -0.39 is 9.84 Å². The maximum Gasteiger partial charge on any atom is 0.183 e. The summed E-state index contributed by atoms with van der Waals surface area (Å²) in [6, 6.07) is 9.14. The Kier molecular flexibility index (Phi) is 3.92. The minimum Gasteiger partial charge on any atom is -0.396 e. The fourth-order valence-electron chi connectivity index (χ4n) is 2.51. The van der Waals surface area contributed by atoms with Crippen molar-refractivity contribution in [2.45, 2.75) is 30.9 Å². The first-order valence-corrected chi connectivity index (χ1v) is 8.16. The molecule has 0 fully saturated rings. The summed E-state index contributed by atoms with van der Waals surface area (Å²) < 4.78 is 23.9. The largest absolute Gasteiger partial charge is 0.396 e. The zero-order valence-electron chi connectivity index (χ0n) is 11.2. The molecule has 102 valence electrons. The van der Waals surface area contributed by atoms with Crippen LogP contribution in [0.4, 0.5) is 0 Å². The summed E-state index contributed by atoms with van der Waals surface area (Å²) >= 11 is 0. The molecule has 3 nitrogen and oxygen atoms in total. The van der Waals surface area contributed by atoms with Gasteiger partial charge >= 0.3 is 0 Å². The Morgan fingerprint density at radius 3 is 2.58 bits per heavy atom. The zero-order valence-corrected chi connectivity index (χ0v) is 12.0. The number of aliphatic hydroxyl groups excluding tert-OH is 1. The molecule has 0 saturated heterocycles. The Bertz CT molecular complexity index is 703. The molecule has 19 heavy (non-hydrogen) atoms. The van der Waals surface area contributed by atoms with Gasteiger partial charge in [-0.3, -0.25) is 0 Å².